The van der Waals surface area contributed by atoms with E-state index >= 15 is 0 Å². The van der Waals surface area contributed by atoms with E-state index in [2.05, 4.69) is 5.32 Å². The Bertz CT molecular complexity index is 884. The monoisotopic (exact) mass is 313 g/mol. The van der Waals surface area contributed by atoms with Crippen LogP contribution in [0, 0.1) is 0 Å². The maximum absolute atomic E-state index is 12.2. The quantitative estimate of drug-likeness (QED) is 0.589. The summed E-state index contributed by atoms with van der Waals surface area (Å²) in [6, 6.07) is 15.6. The number of halogens is 1. The van der Waals surface area contributed by atoms with Crippen molar-refractivity contribution < 1.29 is 9.21 Å². The molecule has 0 atom stereocenters. The van der Waals surface area contributed by atoms with Crippen LogP contribution < -0.4 is 10.9 Å². The third kappa shape index (κ3) is 3.02. The van der Waals surface area contributed by atoms with E-state index in [4.69, 9.17) is 16.0 Å². The summed E-state index contributed by atoms with van der Waals surface area (Å²) < 4.78 is 5.16. The van der Waals surface area contributed by atoms with Gasteiger partial charge in [0.05, 0.1) is 6.54 Å². The summed E-state index contributed by atoms with van der Waals surface area (Å²) in [5.41, 5.74) is 0.638. The van der Waals surface area contributed by atoms with Crippen LogP contribution in [-0.2, 0) is 0 Å². The molecule has 1 aromatic heterocycles. The first-order chi connectivity index (χ1) is 10.6. The van der Waals surface area contributed by atoms with Crippen LogP contribution in [0.15, 0.2) is 63.8 Å². The second kappa shape index (κ2) is 6.03. The molecule has 1 heterocycles. The highest BCUT2D eigenvalue weighted by Crippen LogP contribution is 2.15. The number of rotatable bonds is 4. The molecule has 22 heavy (non-hydrogen) atoms. The Morgan fingerprint density at radius 2 is 1.82 bits per heavy atom. The van der Waals surface area contributed by atoms with Crippen LogP contribution >= 0.6 is 11.6 Å². The molecule has 0 fully saturated rings. The van der Waals surface area contributed by atoms with Crippen molar-refractivity contribution in [3.63, 3.8) is 0 Å². The summed E-state index contributed by atoms with van der Waals surface area (Å²) in [6.07, 6.45) is 0. The fourth-order valence-electron chi connectivity index (χ4n) is 2.10. The van der Waals surface area contributed by atoms with Gasteiger partial charge in [-0.2, -0.15) is 0 Å². The standard InChI is InChI=1S/C17H12ClNO3/c18-12-5-7-13(8-6-12)19-10-15(20)14-9-11-3-1-2-4-16(11)22-17(14)21/h1-9,19H,10H2. The van der Waals surface area contributed by atoms with Gasteiger partial charge < -0.3 is 9.73 Å². The van der Waals surface area contributed by atoms with Crippen molar-refractivity contribution in [2.45, 2.75) is 0 Å². The van der Waals surface area contributed by atoms with Crippen molar-refractivity contribution in [1.29, 1.82) is 0 Å². The van der Waals surface area contributed by atoms with E-state index in [0.29, 0.717) is 10.6 Å². The fraction of sp³-hybridized carbons (Fsp3) is 0.0588. The molecule has 0 spiro atoms. The molecule has 5 heteroatoms. The van der Waals surface area contributed by atoms with Crippen molar-refractivity contribution in [3.05, 3.63) is 75.6 Å². The molecule has 0 radical (unpaired) electrons. The number of hydrogen-bond acceptors (Lipinski definition) is 4. The third-order valence-corrected chi connectivity index (χ3v) is 3.49. The summed E-state index contributed by atoms with van der Waals surface area (Å²) in [5, 5.41) is 4.29. The number of hydrogen-bond donors (Lipinski definition) is 1. The highest BCUT2D eigenvalue weighted by atomic mass is 35.5. The predicted octanol–water partition coefficient (Wildman–Crippen LogP) is 3.74. The Balaban J connectivity index is 1.81. The van der Waals surface area contributed by atoms with Crippen LogP contribution in [0.3, 0.4) is 0 Å². The van der Waals surface area contributed by atoms with Crippen molar-refractivity contribution in [3.8, 4) is 0 Å². The van der Waals surface area contributed by atoms with E-state index in [-0.39, 0.29) is 17.9 Å². The molecule has 0 aliphatic heterocycles. The van der Waals surface area contributed by atoms with Crippen LogP contribution in [0.2, 0.25) is 5.02 Å². The van der Waals surface area contributed by atoms with Gasteiger partial charge in [0, 0.05) is 16.1 Å². The minimum absolute atomic E-state index is 0.00470. The van der Waals surface area contributed by atoms with Crippen LogP contribution in [0.5, 0.6) is 0 Å². The number of nitrogens with one attached hydrogen (secondary N) is 1. The summed E-state index contributed by atoms with van der Waals surface area (Å²) >= 11 is 5.80. The second-order valence-corrected chi connectivity index (χ2v) is 5.21. The number of fused-ring (bicyclic) bond motifs is 1. The van der Waals surface area contributed by atoms with E-state index in [1.54, 1.807) is 48.5 Å². The molecule has 0 unspecified atom stereocenters. The first kappa shape index (κ1) is 14.4. The summed E-state index contributed by atoms with van der Waals surface area (Å²) in [4.78, 5) is 24.1. The molecule has 0 amide bonds. The number of carbonyl (C=O) groups is 1. The lowest BCUT2D eigenvalue weighted by atomic mass is 10.1. The van der Waals surface area contributed by atoms with Gasteiger partial charge in [0.2, 0.25) is 0 Å². The number of ketones is 1. The molecule has 0 saturated carbocycles. The average molecular weight is 314 g/mol. The van der Waals surface area contributed by atoms with Crippen LogP contribution in [0.4, 0.5) is 5.69 Å². The second-order valence-electron chi connectivity index (χ2n) is 4.77. The largest absolute Gasteiger partial charge is 0.422 e. The third-order valence-electron chi connectivity index (χ3n) is 3.24. The van der Waals surface area contributed by atoms with E-state index in [1.807, 2.05) is 6.07 Å². The SMILES string of the molecule is O=C(CNc1ccc(Cl)cc1)c1cc2ccccc2oc1=O. The van der Waals surface area contributed by atoms with Crippen molar-refractivity contribution in [2.75, 3.05) is 11.9 Å². The zero-order valence-electron chi connectivity index (χ0n) is 11.5. The first-order valence-electron chi connectivity index (χ1n) is 6.69. The van der Waals surface area contributed by atoms with Gasteiger partial charge in [0.15, 0.2) is 5.78 Å². The highest BCUT2D eigenvalue weighted by Gasteiger charge is 2.13. The predicted molar refractivity (Wildman–Crippen MR) is 86.8 cm³/mol. The van der Waals surface area contributed by atoms with Crippen molar-refractivity contribution in [1.82, 2.24) is 0 Å². The Morgan fingerprint density at radius 1 is 1.09 bits per heavy atom. The van der Waals surface area contributed by atoms with Gasteiger partial charge in [-0.3, -0.25) is 4.79 Å². The molecule has 110 valence electrons. The molecule has 1 N–H and O–H groups in total. The minimum Gasteiger partial charge on any atom is -0.422 e. The van der Waals surface area contributed by atoms with E-state index in [1.165, 1.54) is 0 Å². The van der Waals surface area contributed by atoms with Gasteiger partial charge in [0.1, 0.15) is 11.1 Å². The fourth-order valence-corrected chi connectivity index (χ4v) is 2.23. The smallest absolute Gasteiger partial charge is 0.347 e. The topological polar surface area (TPSA) is 59.3 Å². The Labute approximate surface area is 131 Å². The van der Waals surface area contributed by atoms with E-state index in [0.717, 1.165) is 11.1 Å². The summed E-state index contributed by atoms with van der Waals surface area (Å²) in [7, 11) is 0. The Kier molecular flexibility index (Phi) is 3.94. The molecular weight excluding hydrogens is 302 g/mol. The lowest BCUT2D eigenvalue weighted by Gasteiger charge is -2.06. The Morgan fingerprint density at radius 3 is 2.59 bits per heavy atom. The van der Waals surface area contributed by atoms with E-state index in [9.17, 15) is 9.59 Å². The van der Waals surface area contributed by atoms with Crippen molar-refractivity contribution >= 4 is 34.0 Å². The van der Waals surface area contributed by atoms with Gasteiger partial charge in [-0.15, -0.1) is 0 Å². The van der Waals surface area contributed by atoms with Gasteiger partial charge >= 0.3 is 5.63 Å². The minimum atomic E-state index is -0.624. The number of para-hydroxylation sites is 1. The number of benzene rings is 2. The zero-order chi connectivity index (χ0) is 15.5. The number of carbonyl (C=O) groups excluding carboxylic acids is 1. The lowest BCUT2D eigenvalue weighted by Crippen LogP contribution is -2.21. The highest BCUT2D eigenvalue weighted by molar-refractivity contribution is 6.30. The molecular formula is C17H12ClNO3. The number of Topliss-reactive ketones (excluding diaryl/α,β-unsaturated/α-hetero) is 1. The molecule has 4 nitrogen and oxygen atoms in total. The van der Waals surface area contributed by atoms with Gasteiger partial charge in [-0.05, 0) is 36.4 Å². The molecule has 3 rings (SSSR count). The molecule has 0 bridgehead atoms. The molecule has 3 aromatic rings. The Hall–Kier alpha value is -2.59. The normalized spacial score (nSPS) is 10.6. The lowest BCUT2D eigenvalue weighted by molar-refractivity contribution is 0.100. The van der Waals surface area contributed by atoms with Crippen molar-refractivity contribution in [2.24, 2.45) is 0 Å². The maximum atomic E-state index is 12.2. The molecule has 0 saturated heterocycles. The average Bonchev–Trinajstić information content (AvgIpc) is 2.53. The van der Waals surface area contributed by atoms with Gasteiger partial charge in [0.25, 0.3) is 0 Å². The summed E-state index contributed by atoms with van der Waals surface area (Å²) in [6.45, 7) is 0.00470. The van der Waals surface area contributed by atoms with Gasteiger partial charge in [-0.25, -0.2) is 4.79 Å². The maximum Gasteiger partial charge on any atom is 0.347 e. The van der Waals surface area contributed by atoms with Crippen LogP contribution in [-0.4, -0.2) is 12.3 Å². The van der Waals surface area contributed by atoms with Gasteiger partial charge in [-0.1, -0.05) is 29.8 Å². The zero-order valence-corrected chi connectivity index (χ0v) is 12.3. The molecule has 0 aliphatic rings. The summed E-state index contributed by atoms with van der Waals surface area (Å²) in [5.74, 6) is -0.325. The molecule has 0 aliphatic carbocycles. The van der Waals surface area contributed by atoms with Crippen LogP contribution in [0.1, 0.15) is 10.4 Å². The first-order valence-corrected chi connectivity index (χ1v) is 7.07. The van der Waals surface area contributed by atoms with E-state index < -0.39 is 5.63 Å². The molecule has 2 aromatic carbocycles. The van der Waals surface area contributed by atoms with Crippen LogP contribution in [0.25, 0.3) is 11.0 Å². The number of anilines is 1.